The third kappa shape index (κ3) is 5.17. The molecule has 0 unspecified atom stereocenters. The zero-order valence-electron chi connectivity index (χ0n) is 17.8. The van der Waals surface area contributed by atoms with Crippen LogP contribution < -0.4 is 5.32 Å². The Morgan fingerprint density at radius 1 is 0.935 bits per heavy atom. The van der Waals surface area contributed by atoms with Crippen molar-refractivity contribution in [1.29, 1.82) is 0 Å². The minimum atomic E-state index is -3.71. The summed E-state index contributed by atoms with van der Waals surface area (Å²) < 4.78 is 28.6. The molecule has 1 N–H and O–H groups in total. The van der Waals surface area contributed by atoms with Crippen molar-refractivity contribution in [2.24, 2.45) is 5.92 Å². The van der Waals surface area contributed by atoms with Crippen molar-refractivity contribution < 1.29 is 13.2 Å². The Kier molecular flexibility index (Phi) is 7.05. The molecular formula is C24H31N3O3S. The minimum Gasteiger partial charge on any atom is -0.355 e. The van der Waals surface area contributed by atoms with Gasteiger partial charge in [0.15, 0.2) is 0 Å². The van der Waals surface area contributed by atoms with E-state index >= 15 is 0 Å². The van der Waals surface area contributed by atoms with Gasteiger partial charge < -0.3 is 10.2 Å². The van der Waals surface area contributed by atoms with E-state index in [1.807, 2.05) is 30.3 Å². The van der Waals surface area contributed by atoms with Crippen LogP contribution in [0.4, 0.5) is 0 Å². The largest absolute Gasteiger partial charge is 0.355 e. The molecule has 2 heterocycles. The number of rotatable bonds is 7. The predicted molar refractivity (Wildman–Crippen MR) is 121 cm³/mol. The summed E-state index contributed by atoms with van der Waals surface area (Å²) in [6, 6.07) is 18.0. The van der Waals surface area contributed by atoms with Gasteiger partial charge in [0.2, 0.25) is 15.9 Å². The number of sulfonamides is 1. The van der Waals surface area contributed by atoms with Crippen LogP contribution in [-0.2, 0) is 14.8 Å². The normalized spacial score (nSPS) is 23.0. The Morgan fingerprint density at radius 2 is 1.58 bits per heavy atom. The highest BCUT2D eigenvalue weighted by Crippen LogP contribution is 2.37. The molecular weight excluding hydrogens is 410 g/mol. The molecule has 1 amide bonds. The molecule has 0 aliphatic carbocycles. The first kappa shape index (κ1) is 22.0. The summed E-state index contributed by atoms with van der Waals surface area (Å²) in [5.41, 5.74) is 0.967. The first-order chi connectivity index (χ1) is 15.1. The number of nitrogens with one attached hydrogen (secondary N) is 1. The second kappa shape index (κ2) is 9.94. The molecule has 2 aromatic carbocycles. The summed E-state index contributed by atoms with van der Waals surface area (Å²) >= 11 is 0. The van der Waals surface area contributed by atoms with E-state index in [9.17, 15) is 13.2 Å². The van der Waals surface area contributed by atoms with Crippen LogP contribution in [-0.4, -0.2) is 56.3 Å². The topological polar surface area (TPSA) is 69.7 Å². The number of carbonyl (C=O) groups excluding carboxylic acids is 1. The van der Waals surface area contributed by atoms with Crippen molar-refractivity contribution in [3.05, 3.63) is 66.2 Å². The molecule has 0 aromatic heterocycles. The highest BCUT2D eigenvalue weighted by Gasteiger charge is 2.39. The molecule has 2 aliphatic heterocycles. The van der Waals surface area contributed by atoms with Crippen LogP contribution in [0.2, 0.25) is 0 Å². The van der Waals surface area contributed by atoms with Crippen LogP contribution in [0.15, 0.2) is 65.6 Å². The number of carbonyl (C=O) groups is 1. The molecule has 0 saturated carbocycles. The number of likely N-dealkylation sites (tertiary alicyclic amines) is 1. The van der Waals surface area contributed by atoms with Crippen LogP contribution >= 0.6 is 0 Å². The average Bonchev–Trinajstić information content (AvgIpc) is 3.33. The maximum Gasteiger partial charge on any atom is 0.243 e. The lowest BCUT2D eigenvalue weighted by molar-refractivity contribution is -0.126. The number of piperidine rings is 1. The molecule has 166 valence electrons. The zero-order chi connectivity index (χ0) is 21.7. The summed E-state index contributed by atoms with van der Waals surface area (Å²) in [5, 5.41) is 3.04. The van der Waals surface area contributed by atoms with E-state index in [4.69, 9.17) is 0 Å². The van der Waals surface area contributed by atoms with E-state index in [1.54, 1.807) is 30.3 Å². The van der Waals surface area contributed by atoms with Gasteiger partial charge in [-0.05, 0) is 56.5 Å². The third-order valence-corrected chi connectivity index (χ3v) is 8.26. The lowest BCUT2D eigenvalue weighted by atomic mass is 9.90. The molecule has 4 rings (SSSR count). The van der Waals surface area contributed by atoms with E-state index in [-0.39, 0.29) is 29.3 Å². The van der Waals surface area contributed by atoms with E-state index in [0.29, 0.717) is 19.4 Å². The predicted octanol–water partition coefficient (Wildman–Crippen LogP) is 3.04. The van der Waals surface area contributed by atoms with Gasteiger partial charge in [0.25, 0.3) is 0 Å². The van der Waals surface area contributed by atoms with E-state index < -0.39 is 10.0 Å². The van der Waals surface area contributed by atoms with Crippen molar-refractivity contribution in [2.45, 2.75) is 36.6 Å². The maximum absolute atomic E-state index is 13.5. The Hall–Kier alpha value is -2.22. The van der Waals surface area contributed by atoms with Gasteiger partial charge >= 0.3 is 0 Å². The number of hydrogen-bond acceptors (Lipinski definition) is 4. The van der Waals surface area contributed by atoms with E-state index in [0.717, 1.165) is 25.2 Å². The Balaban J connectivity index is 1.50. The molecule has 2 aliphatic rings. The second-order valence-corrected chi connectivity index (χ2v) is 10.3. The molecule has 2 aromatic rings. The Labute approximate surface area is 185 Å². The molecule has 7 heteroatoms. The highest BCUT2D eigenvalue weighted by molar-refractivity contribution is 7.89. The molecule has 0 bridgehead atoms. The van der Waals surface area contributed by atoms with Gasteiger partial charge in [-0.15, -0.1) is 0 Å². The van der Waals surface area contributed by atoms with Crippen molar-refractivity contribution in [2.75, 3.05) is 32.7 Å². The lowest BCUT2D eigenvalue weighted by Gasteiger charge is -2.38. The van der Waals surface area contributed by atoms with Gasteiger partial charge in [-0.3, -0.25) is 4.79 Å². The van der Waals surface area contributed by atoms with E-state index in [2.05, 4.69) is 10.2 Å². The van der Waals surface area contributed by atoms with Gasteiger partial charge in [-0.1, -0.05) is 48.5 Å². The summed E-state index contributed by atoms with van der Waals surface area (Å²) in [6.45, 7) is 3.87. The maximum atomic E-state index is 13.5. The summed E-state index contributed by atoms with van der Waals surface area (Å²) in [6.07, 6.45) is 3.75. The number of nitrogens with zero attached hydrogens (tertiary/aromatic N) is 2. The SMILES string of the molecule is O=C(NCCN1CCCC1)[C@@H]1CC[C@H](c2ccccc2)N(S(=O)(=O)c2ccccc2)C1. The summed E-state index contributed by atoms with van der Waals surface area (Å²) in [4.78, 5) is 15.5. The van der Waals surface area contributed by atoms with Gasteiger partial charge in [-0.2, -0.15) is 4.31 Å². The van der Waals surface area contributed by atoms with Gasteiger partial charge in [0.05, 0.1) is 16.9 Å². The van der Waals surface area contributed by atoms with Crippen molar-refractivity contribution >= 4 is 15.9 Å². The van der Waals surface area contributed by atoms with Crippen molar-refractivity contribution in [3.63, 3.8) is 0 Å². The van der Waals surface area contributed by atoms with Crippen molar-refractivity contribution in [3.8, 4) is 0 Å². The average molecular weight is 442 g/mol. The fraction of sp³-hybridized carbons (Fsp3) is 0.458. The van der Waals surface area contributed by atoms with Crippen LogP contribution in [0.25, 0.3) is 0 Å². The van der Waals surface area contributed by atoms with Gasteiger partial charge in [-0.25, -0.2) is 8.42 Å². The monoisotopic (exact) mass is 441 g/mol. The fourth-order valence-electron chi connectivity index (χ4n) is 4.64. The van der Waals surface area contributed by atoms with Crippen LogP contribution in [0, 0.1) is 5.92 Å². The summed E-state index contributed by atoms with van der Waals surface area (Å²) in [5.74, 6) is -0.379. The standard InChI is InChI=1S/C24H31N3O3S/c28-24(25-15-18-26-16-7-8-17-26)21-13-14-23(20-9-3-1-4-10-20)27(19-21)31(29,30)22-11-5-2-6-12-22/h1-6,9-12,21,23H,7-8,13-19H2,(H,25,28)/t21-,23-/m1/s1. The van der Waals surface area contributed by atoms with Gasteiger partial charge in [0, 0.05) is 19.6 Å². The van der Waals surface area contributed by atoms with Crippen LogP contribution in [0.1, 0.15) is 37.3 Å². The van der Waals surface area contributed by atoms with E-state index in [1.165, 1.54) is 17.1 Å². The second-order valence-electron chi connectivity index (χ2n) is 8.43. The quantitative estimate of drug-likeness (QED) is 0.717. The highest BCUT2D eigenvalue weighted by atomic mass is 32.2. The van der Waals surface area contributed by atoms with Crippen LogP contribution in [0.3, 0.4) is 0 Å². The molecule has 0 spiro atoms. The minimum absolute atomic E-state index is 0.0426. The van der Waals surface area contributed by atoms with Crippen molar-refractivity contribution in [1.82, 2.24) is 14.5 Å². The molecule has 0 radical (unpaired) electrons. The molecule has 31 heavy (non-hydrogen) atoms. The summed E-state index contributed by atoms with van der Waals surface area (Å²) in [7, 11) is -3.71. The lowest BCUT2D eigenvalue weighted by Crippen LogP contribution is -2.47. The number of amides is 1. The fourth-order valence-corrected chi connectivity index (χ4v) is 6.35. The first-order valence-electron chi connectivity index (χ1n) is 11.2. The molecule has 6 nitrogen and oxygen atoms in total. The number of benzene rings is 2. The molecule has 2 atom stereocenters. The third-order valence-electron chi connectivity index (χ3n) is 6.37. The zero-order valence-corrected chi connectivity index (χ0v) is 18.6. The number of hydrogen-bond donors (Lipinski definition) is 1. The Bertz CT molecular complexity index is 960. The van der Waals surface area contributed by atoms with Gasteiger partial charge in [0.1, 0.15) is 0 Å². The molecule has 2 fully saturated rings. The van der Waals surface area contributed by atoms with Crippen LogP contribution in [0.5, 0.6) is 0 Å². The first-order valence-corrected chi connectivity index (χ1v) is 12.6. The Morgan fingerprint density at radius 3 is 2.26 bits per heavy atom. The molecule has 2 saturated heterocycles. The smallest absolute Gasteiger partial charge is 0.243 e.